The third kappa shape index (κ3) is 2.63. The Labute approximate surface area is 110 Å². The first-order chi connectivity index (χ1) is 8.56. The Morgan fingerprint density at radius 1 is 1.56 bits per heavy atom. The van der Waals surface area contributed by atoms with Crippen molar-refractivity contribution in [1.29, 1.82) is 0 Å². The first kappa shape index (κ1) is 13.3. The zero-order valence-corrected chi connectivity index (χ0v) is 10.7. The van der Waals surface area contributed by atoms with Gasteiger partial charge in [-0.3, -0.25) is 10.1 Å². The van der Waals surface area contributed by atoms with E-state index in [-0.39, 0.29) is 11.1 Å². The summed E-state index contributed by atoms with van der Waals surface area (Å²) in [5.41, 5.74) is 6.62. The van der Waals surface area contributed by atoms with Crippen molar-refractivity contribution in [1.82, 2.24) is 0 Å². The molecule has 1 aromatic rings. The molecule has 0 radical (unpaired) electrons. The summed E-state index contributed by atoms with van der Waals surface area (Å²) in [7, 11) is 0. The number of halogens is 1. The minimum atomic E-state index is -0.451. The topological polar surface area (TPSA) is 78.4 Å². The Balaban J connectivity index is 2.21. The molecule has 1 fully saturated rings. The van der Waals surface area contributed by atoms with Crippen LogP contribution >= 0.6 is 11.6 Å². The standard InChI is InChI=1S/C12H15ClN2O3/c13-11-5-10(15(16)17)2-1-9(11)6-12(7-14)3-4-18-8-12/h1-2,5H,3-4,6-8,14H2. The first-order valence-electron chi connectivity index (χ1n) is 5.77. The SMILES string of the molecule is NCC1(Cc2ccc([N+](=O)[O-])cc2Cl)CCOC1. The van der Waals surface area contributed by atoms with Gasteiger partial charge >= 0.3 is 0 Å². The number of hydrogen-bond donors (Lipinski definition) is 1. The lowest BCUT2D eigenvalue weighted by atomic mass is 9.81. The smallest absolute Gasteiger partial charge is 0.270 e. The second-order valence-corrected chi connectivity index (χ2v) is 5.12. The molecular formula is C12H15ClN2O3. The first-order valence-corrected chi connectivity index (χ1v) is 6.15. The van der Waals surface area contributed by atoms with Crippen LogP contribution in [-0.2, 0) is 11.2 Å². The molecule has 2 N–H and O–H groups in total. The molecule has 0 amide bonds. The molecule has 0 bridgehead atoms. The maximum absolute atomic E-state index is 10.6. The lowest BCUT2D eigenvalue weighted by molar-refractivity contribution is -0.384. The second kappa shape index (κ2) is 5.22. The lowest BCUT2D eigenvalue weighted by Crippen LogP contribution is -2.33. The number of ether oxygens (including phenoxy) is 1. The molecule has 6 heteroatoms. The van der Waals surface area contributed by atoms with Gasteiger partial charge in [0.25, 0.3) is 5.69 Å². The number of nitrogens with two attached hydrogens (primary N) is 1. The minimum absolute atomic E-state index is 0.00761. The van der Waals surface area contributed by atoms with Gasteiger partial charge in [-0.2, -0.15) is 0 Å². The monoisotopic (exact) mass is 270 g/mol. The largest absolute Gasteiger partial charge is 0.381 e. The maximum atomic E-state index is 10.6. The van der Waals surface area contributed by atoms with Crippen LogP contribution in [0.5, 0.6) is 0 Å². The van der Waals surface area contributed by atoms with Crippen LogP contribution in [0.4, 0.5) is 5.69 Å². The minimum Gasteiger partial charge on any atom is -0.381 e. The Kier molecular flexibility index (Phi) is 3.85. The van der Waals surface area contributed by atoms with Crippen LogP contribution in [-0.4, -0.2) is 24.7 Å². The van der Waals surface area contributed by atoms with Gasteiger partial charge in [-0.1, -0.05) is 17.7 Å². The molecule has 1 saturated heterocycles. The van der Waals surface area contributed by atoms with Crippen molar-refractivity contribution in [3.8, 4) is 0 Å². The number of non-ortho nitro benzene ring substituents is 1. The average Bonchev–Trinajstić information content (AvgIpc) is 2.81. The molecule has 1 unspecified atom stereocenters. The summed E-state index contributed by atoms with van der Waals surface area (Å²) in [6.07, 6.45) is 1.59. The van der Waals surface area contributed by atoms with E-state index in [0.717, 1.165) is 12.0 Å². The van der Waals surface area contributed by atoms with Crippen LogP contribution in [0.3, 0.4) is 0 Å². The lowest BCUT2D eigenvalue weighted by Gasteiger charge is -2.25. The van der Waals surface area contributed by atoms with E-state index in [2.05, 4.69) is 0 Å². The van der Waals surface area contributed by atoms with Gasteiger partial charge in [0.15, 0.2) is 0 Å². The maximum Gasteiger partial charge on any atom is 0.270 e. The van der Waals surface area contributed by atoms with Crippen molar-refractivity contribution in [3.05, 3.63) is 38.9 Å². The van der Waals surface area contributed by atoms with Gasteiger partial charge in [0.05, 0.1) is 16.6 Å². The molecule has 0 aliphatic carbocycles. The summed E-state index contributed by atoms with van der Waals surface area (Å²) >= 11 is 6.08. The number of nitro benzene ring substituents is 1. The highest BCUT2D eigenvalue weighted by Gasteiger charge is 2.34. The highest BCUT2D eigenvalue weighted by Crippen LogP contribution is 2.34. The van der Waals surface area contributed by atoms with Crippen LogP contribution in [0, 0.1) is 15.5 Å². The fraction of sp³-hybridized carbons (Fsp3) is 0.500. The molecule has 5 nitrogen and oxygen atoms in total. The van der Waals surface area contributed by atoms with Crippen molar-refractivity contribution >= 4 is 17.3 Å². The normalized spacial score (nSPS) is 23.2. The van der Waals surface area contributed by atoms with Crippen molar-refractivity contribution in [2.24, 2.45) is 11.1 Å². The quantitative estimate of drug-likeness (QED) is 0.672. The molecule has 18 heavy (non-hydrogen) atoms. The van der Waals surface area contributed by atoms with E-state index < -0.39 is 4.92 Å². The Morgan fingerprint density at radius 3 is 2.83 bits per heavy atom. The van der Waals surface area contributed by atoms with Crippen LogP contribution in [0.2, 0.25) is 5.02 Å². The van der Waals surface area contributed by atoms with Gasteiger partial charge in [-0.25, -0.2) is 0 Å². The van der Waals surface area contributed by atoms with Crippen molar-refractivity contribution < 1.29 is 9.66 Å². The Morgan fingerprint density at radius 2 is 2.33 bits per heavy atom. The van der Waals surface area contributed by atoms with E-state index in [1.807, 2.05) is 0 Å². The van der Waals surface area contributed by atoms with E-state index >= 15 is 0 Å². The third-order valence-electron chi connectivity index (χ3n) is 3.43. The van der Waals surface area contributed by atoms with Crippen molar-refractivity contribution in [2.75, 3.05) is 19.8 Å². The highest BCUT2D eigenvalue weighted by atomic mass is 35.5. The van der Waals surface area contributed by atoms with Crippen molar-refractivity contribution in [3.63, 3.8) is 0 Å². The van der Waals surface area contributed by atoms with Gasteiger partial charge < -0.3 is 10.5 Å². The number of benzene rings is 1. The fourth-order valence-corrected chi connectivity index (χ4v) is 2.46. The van der Waals surface area contributed by atoms with E-state index in [1.54, 1.807) is 6.07 Å². The number of nitrogens with zero attached hydrogens (tertiary/aromatic N) is 1. The molecule has 2 rings (SSSR count). The summed E-state index contributed by atoms with van der Waals surface area (Å²) in [6, 6.07) is 4.56. The fourth-order valence-electron chi connectivity index (χ4n) is 2.22. The van der Waals surface area contributed by atoms with Gasteiger partial charge in [-0.15, -0.1) is 0 Å². The molecular weight excluding hydrogens is 256 g/mol. The molecule has 98 valence electrons. The Hall–Kier alpha value is -1.17. The van der Waals surface area contributed by atoms with E-state index in [4.69, 9.17) is 22.1 Å². The predicted molar refractivity (Wildman–Crippen MR) is 68.7 cm³/mol. The van der Waals surface area contributed by atoms with Gasteiger partial charge in [0.1, 0.15) is 0 Å². The predicted octanol–water partition coefficient (Wildman–Crippen LogP) is 2.16. The summed E-state index contributed by atoms with van der Waals surface area (Å²) in [4.78, 5) is 10.2. The van der Waals surface area contributed by atoms with E-state index in [0.29, 0.717) is 31.2 Å². The molecule has 0 spiro atoms. The van der Waals surface area contributed by atoms with Crippen LogP contribution in [0.15, 0.2) is 18.2 Å². The van der Waals surface area contributed by atoms with Crippen LogP contribution < -0.4 is 5.73 Å². The van der Waals surface area contributed by atoms with E-state index in [9.17, 15) is 10.1 Å². The third-order valence-corrected chi connectivity index (χ3v) is 3.78. The van der Waals surface area contributed by atoms with Gasteiger partial charge in [0, 0.05) is 30.7 Å². The Bertz CT molecular complexity index is 459. The van der Waals surface area contributed by atoms with Gasteiger partial charge in [-0.05, 0) is 18.4 Å². The van der Waals surface area contributed by atoms with Crippen molar-refractivity contribution in [2.45, 2.75) is 12.8 Å². The number of rotatable bonds is 4. The van der Waals surface area contributed by atoms with E-state index in [1.165, 1.54) is 12.1 Å². The molecule has 1 heterocycles. The molecule has 1 aliphatic heterocycles. The summed E-state index contributed by atoms with van der Waals surface area (Å²) in [5, 5.41) is 11.1. The van der Waals surface area contributed by atoms with Crippen LogP contribution in [0.25, 0.3) is 0 Å². The second-order valence-electron chi connectivity index (χ2n) is 4.72. The zero-order chi connectivity index (χ0) is 13.2. The summed E-state index contributed by atoms with van der Waals surface area (Å²) in [6.45, 7) is 1.86. The van der Waals surface area contributed by atoms with Gasteiger partial charge in [0.2, 0.25) is 0 Å². The highest BCUT2D eigenvalue weighted by molar-refractivity contribution is 6.31. The molecule has 0 aromatic heterocycles. The molecule has 1 atom stereocenters. The zero-order valence-electron chi connectivity index (χ0n) is 9.89. The number of hydrogen-bond acceptors (Lipinski definition) is 4. The molecule has 0 saturated carbocycles. The molecule has 1 aliphatic rings. The summed E-state index contributed by atoms with van der Waals surface area (Å²) < 4.78 is 5.39. The average molecular weight is 271 g/mol. The molecule has 1 aromatic carbocycles. The summed E-state index contributed by atoms with van der Waals surface area (Å²) in [5.74, 6) is 0. The van der Waals surface area contributed by atoms with Crippen LogP contribution in [0.1, 0.15) is 12.0 Å². The number of nitro groups is 1.